The summed E-state index contributed by atoms with van der Waals surface area (Å²) in [7, 11) is 0. The van der Waals surface area contributed by atoms with Crippen molar-refractivity contribution < 1.29 is 0 Å². The molecular weight excluding hydrogens is 305 g/mol. The van der Waals surface area contributed by atoms with Crippen molar-refractivity contribution in [3.05, 3.63) is 21.9 Å². The minimum atomic E-state index is 0.456. The highest BCUT2D eigenvalue weighted by Gasteiger charge is 2.29. The molecule has 2 aliphatic rings. The first-order valence-corrected chi connectivity index (χ1v) is 8.74. The fourth-order valence-electron chi connectivity index (χ4n) is 3.64. The maximum Gasteiger partial charge on any atom is 0.161 e. The standard InChI is InChI=1S/C16H19Cl2N3/c17-12-9-13(18)19-16-14(12)15(10-5-4-6-10)20-21(16)11-7-2-1-3-8-11/h9-11H,1-8H2. The maximum absolute atomic E-state index is 6.47. The van der Waals surface area contributed by atoms with Crippen LogP contribution in [0.5, 0.6) is 0 Å². The molecule has 0 atom stereocenters. The molecule has 2 aromatic rings. The molecule has 5 heteroatoms. The fourth-order valence-corrected chi connectivity index (χ4v) is 4.17. The van der Waals surface area contributed by atoms with Gasteiger partial charge in [0.2, 0.25) is 0 Å². The number of fused-ring (bicyclic) bond motifs is 1. The van der Waals surface area contributed by atoms with Crippen LogP contribution in [0.4, 0.5) is 0 Å². The highest BCUT2D eigenvalue weighted by atomic mass is 35.5. The Bertz CT molecular complexity index is 670. The third kappa shape index (κ3) is 2.35. The quantitative estimate of drug-likeness (QED) is 0.682. The van der Waals surface area contributed by atoms with Crippen LogP contribution in [-0.2, 0) is 0 Å². The zero-order valence-corrected chi connectivity index (χ0v) is 13.5. The number of hydrogen-bond acceptors (Lipinski definition) is 2. The van der Waals surface area contributed by atoms with Crippen LogP contribution in [0.1, 0.15) is 69.0 Å². The van der Waals surface area contributed by atoms with E-state index in [1.165, 1.54) is 51.4 Å². The van der Waals surface area contributed by atoms with E-state index in [2.05, 4.69) is 9.67 Å². The Morgan fingerprint density at radius 3 is 2.43 bits per heavy atom. The smallest absolute Gasteiger partial charge is 0.161 e. The molecule has 2 aliphatic carbocycles. The Balaban J connectivity index is 1.88. The van der Waals surface area contributed by atoms with E-state index in [9.17, 15) is 0 Å². The Hall–Kier alpha value is -0.800. The molecule has 112 valence electrons. The van der Waals surface area contributed by atoms with E-state index in [4.69, 9.17) is 28.3 Å². The summed E-state index contributed by atoms with van der Waals surface area (Å²) in [4.78, 5) is 4.55. The molecule has 0 saturated heterocycles. The second-order valence-electron chi connectivity index (χ2n) is 6.37. The van der Waals surface area contributed by atoms with Crippen molar-refractivity contribution in [3.63, 3.8) is 0 Å². The predicted octanol–water partition coefficient (Wildman–Crippen LogP) is 5.51. The van der Waals surface area contributed by atoms with Crippen LogP contribution in [0.2, 0.25) is 10.2 Å². The van der Waals surface area contributed by atoms with Crippen molar-refractivity contribution in [1.82, 2.24) is 14.8 Å². The molecule has 0 spiro atoms. The van der Waals surface area contributed by atoms with Crippen LogP contribution in [0.25, 0.3) is 11.0 Å². The summed E-state index contributed by atoms with van der Waals surface area (Å²) in [5.74, 6) is 0.554. The molecule has 0 unspecified atom stereocenters. The summed E-state index contributed by atoms with van der Waals surface area (Å²) in [5.41, 5.74) is 2.04. The van der Waals surface area contributed by atoms with Crippen LogP contribution >= 0.6 is 23.2 Å². The van der Waals surface area contributed by atoms with Crippen LogP contribution < -0.4 is 0 Å². The molecule has 2 fully saturated rings. The van der Waals surface area contributed by atoms with E-state index in [0.29, 0.717) is 22.1 Å². The molecule has 0 aromatic carbocycles. The minimum absolute atomic E-state index is 0.456. The van der Waals surface area contributed by atoms with Gasteiger partial charge in [-0.05, 0) is 31.7 Å². The van der Waals surface area contributed by atoms with E-state index < -0.39 is 0 Å². The van der Waals surface area contributed by atoms with E-state index in [1.54, 1.807) is 6.07 Å². The topological polar surface area (TPSA) is 30.7 Å². The number of nitrogens with zero attached hydrogens (tertiary/aromatic N) is 3. The highest BCUT2D eigenvalue weighted by Crippen LogP contribution is 2.42. The van der Waals surface area contributed by atoms with Crippen LogP contribution in [0.15, 0.2) is 6.07 Å². The third-order valence-corrected chi connectivity index (χ3v) is 5.51. The van der Waals surface area contributed by atoms with Crippen molar-refractivity contribution in [3.8, 4) is 0 Å². The molecule has 0 amide bonds. The van der Waals surface area contributed by atoms with E-state index in [0.717, 1.165) is 16.7 Å². The van der Waals surface area contributed by atoms with Gasteiger partial charge in [0.1, 0.15) is 5.15 Å². The second kappa shape index (κ2) is 5.44. The summed E-state index contributed by atoms with van der Waals surface area (Å²) in [5, 5.41) is 7.15. The van der Waals surface area contributed by atoms with Gasteiger partial charge in [-0.1, -0.05) is 48.9 Å². The van der Waals surface area contributed by atoms with Crippen molar-refractivity contribution in [2.45, 2.75) is 63.3 Å². The molecule has 2 saturated carbocycles. The first-order chi connectivity index (χ1) is 10.2. The number of hydrogen-bond donors (Lipinski definition) is 0. The van der Waals surface area contributed by atoms with Gasteiger partial charge in [0.25, 0.3) is 0 Å². The molecular formula is C16H19Cl2N3. The molecule has 0 aliphatic heterocycles. The van der Waals surface area contributed by atoms with Crippen LogP contribution in [0, 0.1) is 0 Å². The summed E-state index contributed by atoms with van der Waals surface area (Å²) in [6.45, 7) is 0. The zero-order valence-electron chi connectivity index (χ0n) is 12.0. The summed E-state index contributed by atoms with van der Waals surface area (Å²) in [6, 6.07) is 2.21. The van der Waals surface area contributed by atoms with Gasteiger partial charge in [0, 0.05) is 5.92 Å². The first-order valence-electron chi connectivity index (χ1n) is 7.98. The van der Waals surface area contributed by atoms with Gasteiger partial charge in [0.15, 0.2) is 5.65 Å². The Labute approximate surface area is 134 Å². The molecule has 2 aromatic heterocycles. The fraction of sp³-hybridized carbons (Fsp3) is 0.625. The summed E-state index contributed by atoms with van der Waals surface area (Å²) >= 11 is 12.6. The average Bonchev–Trinajstić information content (AvgIpc) is 2.77. The lowest BCUT2D eigenvalue weighted by Gasteiger charge is -2.24. The van der Waals surface area contributed by atoms with Crippen molar-refractivity contribution in [2.75, 3.05) is 0 Å². The monoisotopic (exact) mass is 323 g/mol. The molecule has 0 N–H and O–H groups in total. The van der Waals surface area contributed by atoms with Gasteiger partial charge in [-0.25, -0.2) is 9.67 Å². The molecule has 0 bridgehead atoms. The Morgan fingerprint density at radius 2 is 1.76 bits per heavy atom. The molecule has 4 rings (SSSR count). The molecule has 2 heterocycles. The zero-order chi connectivity index (χ0) is 14.4. The van der Waals surface area contributed by atoms with Crippen molar-refractivity contribution >= 4 is 34.2 Å². The molecule has 0 radical (unpaired) electrons. The first kappa shape index (κ1) is 13.8. The lowest BCUT2D eigenvalue weighted by atomic mass is 9.82. The SMILES string of the molecule is Clc1cc(Cl)c2c(C3CCC3)nn(C3CCCCC3)c2n1. The van der Waals surface area contributed by atoms with Gasteiger partial charge < -0.3 is 0 Å². The summed E-state index contributed by atoms with van der Waals surface area (Å²) < 4.78 is 2.12. The second-order valence-corrected chi connectivity index (χ2v) is 7.17. The third-order valence-electron chi connectivity index (χ3n) is 5.02. The van der Waals surface area contributed by atoms with E-state index in [-0.39, 0.29) is 0 Å². The van der Waals surface area contributed by atoms with Gasteiger partial charge >= 0.3 is 0 Å². The van der Waals surface area contributed by atoms with Crippen LogP contribution in [0.3, 0.4) is 0 Å². The predicted molar refractivity (Wildman–Crippen MR) is 86.3 cm³/mol. The number of halogens is 2. The lowest BCUT2D eigenvalue weighted by molar-refractivity contribution is 0.328. The van der Waals surface area contributed by atoms with E-state index >= 15 is 0 Å². The lowest BCUT2D eigenvalue weighted by Crippen LogP contribution is -2.16. The Kier molecular flexibility index (Phi) is 3.58. The number of pyridine rings is 1. The van der Waals surface area contributed by atoms with Crippen molar-refractivity contribution in [2.24, 2.45) is 0 Å². The van der Waals surface area contributed by atoms with Gasteiger partial charge in [-0.2, -0.15) is 5.10 Å². The van der Waals surface area contributed by atoms with Gasteiger partial charge in [-0.15, -0.1) is 0 Å². The normalized spacial score (nSPS) is 20.9. The Morgan fingerprint density at radius 1 is 1.00 bits per heavy atom. The molecule has 21 heavy (non-hydrogen) atoms. The van der Waals surface area contributed by atoms with Crippen molar-refractivity contribution in [1.29, 1.82) is 0 Å². The average molecular weight is 324 g/mol. The molecule has 3 nitrogen and oxygen atoms in total. The summed E-state index contributed by atoms with van der Waals surface area (Å²) in [6.07, 6.45) is 9.99. The van der Waals surface area contributed by atoms with E-state index in [1.807, 2.05) is 0 Å². The maximum atomic E-state index is 6.47. The number of aromatic nitrogens is 3. The minimum Gasteiger partial charge on any atom is -0.244 e. The van der Waals surface area contributed by atoms with Gasteiger partial charge in [0.05, 0.1) is 22.1 Å². The van der Waals surface area contributed by atoms with Crippen LogP contribution in [-0.4, -0.2) is 14.8 Å². The highest BCUT2D eigenvalue weighted by molar-refractivity contribution is 6.37. The van der Waals surface area contributed by atoms with Gasteiger partial charge in [-0.3, -0.25) is 0 Å². The largest absolute Gasteiger partial charge is 0.244 e. The number of rotatable bonds is 2.